The Morgan fingerprint density at radius 2 is 2.12 bits per heavy atom. The van der Waals surface area contributed by atoms with E-state index in [0.29, 0.717) is 11.1 Å². The molecule has 0 aliphatic heterocycles. The van der Waals surface area contributed by atoms with Crippen molar-refractivity contribution in [3.63, 3.8) is 0 Å². The number of benzene rings is 1. The number of carbonyl (C=O) groups excluding carboxylic acids is 1. The number of rotatable bonds is 4. The van der Waals surface area contributed by atoms with Gasteiger partial charge >= 0.3 is 12.6 Å². The SMILES string of the molecule is COC(=O)Cc1cccc(C)c1OC(F)F. The molecule has 0 amide bonds. The number of hydrogen-bond donors (Lipinski definition) is 0. The zero-order chi connectivity index (χ0) is 12.1. The average molecular weight is 230 g/mol. The van der Waals surface area contributed by atoms with Gasteiger partial charge < -0.3 is 9.47 Å². The summed E-state index contributed by atoms with van der Waals surface area (Å²) in [6.45, 7) is -1.27. The molecule has 5 heteroatoms. The molecular formula is C11H12F2O3. The maximum absolute atomic E-state index is 12.2. The number of carbonyl (C=O) groups is 1. The molecule has 0 fully saturated rings. The second-order valence-electron chi connectivity index (χ2n) is 3.19. The third-order valence-electron chi connectivity index (χ3n) is 2.06. The van der Waals surface area contributed by atoms with E-state index in [0.717, 1.165) is 0 Å². The first-order valence-corrected chi connectivity index (χ1v) is 4.64. The molecule has 0 N–H and O–H groups in total. The van der Waals surface area contributed by atoms with Crippen molar-refractivity contribution in [1.82, 2.24) is 0 Å². The van der Waals surface area contributed by atoms with Gasteiger partial charge in [0, 0.05) is 5.56 Å². The molecule has 0 spiro atoms. The Morgan fingerprint density at radius 3 is 2.69 bits per heavy atom. The summed E-state index contributed by atoms with van der Waals surface area (Å²) in [6.07, 6.45) is -0.0831. The van der Waals surface area contributed by atoms with Gasteiger partial charge in [-0.3, -0.25) is 4.79 Å². The number of hydrogen-bond acceptors (Lipinski definition) is 3. The topological polar surface area (TPSA) is 35.5 Å². The Morgan fingerprint density at radius 1 is 1.44 bits per heavy atom. The number of esters is 1. The quantitative estimate of drug-likeness (QED) is 0.744. The summed E-state index contributed by atoms with van der Waals surface area (Å²) in [5, 5.41) is 0. The lowest BCUT2D eigenvalue weighted by Crippen LogP contribution is -2.10. The third-order valence-corrected chi connectivity index (χ3v) is 2.06. The standard InChI is InChI=1S/C11H12F2O3/c1-7-4-3-5-8(6-9(14)15-2)10(7)16-11(12)13/h3-5,11H,6H2,1-2H3. The van der Waals surface area contributed by atoms with Gasteiger partial charge in [-0.2, -0.15) is 8.78 Å². The normalized spacial score (nSPS) is 10.3. The largest absolute Gasteiger partial charge is 0.469 e. The fourth-order valence-electron chi connectivity index (χ4n) is 1.34. The fraction of sp³-hybridized carbons (Fsp3) is 0.364. The first-order valence-electron chi connectivity index (χ1n) is 4.64. The highest BCUT2D eigenvalue weighted by Gasteiger charge is 2.14. The van der Waals surface area contributed by atoms with Gasteiger partial charge in [0.2, 0.25) is 0 Å². The first-order chi connectivity index (χ1) is 7.54. The van der Waals surface area contributed by atoms with E-state index in [1.54, 1.807) is 25.1 Å². The van der Waals surface area contributed by atoms with Gasteiger partial charge in [0.05, 0.1) is 13.5 Å². The second-order valence-corrected chi connectivity index (χ2v) is 3.19. The average Bonchev–Trinajstić information content (AvgIpc) is 2.22. The number of ether oxygens (including phenoxy) is 2. The van der Waals surface area contributed by atoms with Crippen LogP contribution in [0.4, 0.5) is 8.78 Å². The van der Waals surface area contributed by atoms with Crippen LogP contribution in [0.25, 0.3) is 0 Å². The lowest BCUT2D eigenvalue weighted by Gasteiger charge is -2.12. The number of aryl methyl sites for hydroxylation is 1. The number of alkyl halides is 2. The maximum Gasteiger partial charge on any atom is 0.387 e. The molecule has 0 aromatic heterocycles. The molecule has 0 saturated carbocycles. The van der Waals surface area contributed by atoms with Gasteiger partial charge in [0.1, 0.15) is 5.75 Å². The predicted molar refractivity (Wildman–Crippen MR) is 53.5 cm³/mol. The van der Waals surface area contributed by atoms with Crippen LogP contribution in [0, 0.1) is 6.92 Å². The Bertz CT molecular complexity index is 377. The van der Waals surface area contributed by atoms with E-state index < -0.39 is 12.6 Å². The first kappa shape index (κ1) is 12.4. The molecule has 0 saturated heterocycles. The van der Waals surface area contributed by atoms with E-state index in [4.69, 9.17) is 0 Å². The van der Waals surface area contributed by atoms with Crippen molar-refractivity contribution in [3.05, 3.63) is 29.3 Å². The van der Waals surface area contributed by atoms with Crippen LogP contribution in [0.1, 0.15) is 11.1 Å². The summed E-state index contributed by atoms with van der Waals surface area (Å²) < 4.78 is 33.2. The molecule has 0 bridgehead atoms. The summed E-state index contributed by atoms with van der Waals surface area (Å²) in [4.78, 5) is 11.1. The van der Waals surface area contributed by atoms with E-state index in [1.807, 2.05) is 0 Å². The summed E-state index contributed by atoms with van der Waals surface area (Å²) in [6, 6.07) is 4.87. The van der Waals surface area contributed by atoms with Crippen LogP contribution in [-0.4, -0.2) is 19.7 Å². The van der Waals surface area contributed by atoms with Crippen molar-refractivity contribution in [1.29, 1.82) is 0 Å². The van der Waals surface area contributed by atoms with Gasteiger partial charge in [0.25, 0.3) is 0 Å². The molecule has 0 aliphatic carbocycles. The molecule has 1 aromatic carbocycles. The molecule has 1 aromatic rings. The minimum atomic E-state index is -2.91. The lowest BCUT2D eigenvalue weighted by atomic mass is 10.1. The van der Waals surface area contributed by atoms with E-state index >= 15 is 0 Å². The van der Waals surface area contributed by atoms with E-state index in [1.165, 1.54) is 7.11 Å². The lowest BCUT2D eigenvalue weighted by molar-refractivity contribution is -0.139. The van der Waals surface area contributed by atoms with Crippen LogP contribution < -0.4 is 4.74 Å². The minimum Gasteiger partial charge on any atom is -0.469 e. The molecule has 0 atom stereocenters. The molecule has 1 rings (SSSR count). The number of para-hydroxylation sites is 1. The maximum atomic E-state index is 12.2. The van der Waals surface area contributed by atoms with E-state index in [9.17, 15) is 13.6 Å². The third kappa shape index (κ3) is 3.18. The van der Waals surface area contributed by atoms with Crippen LogP contribution in [0.5, 0.6) is 5.75 Å². The van der Waals surface area contributed by atoms with E-state index in [-0.39, 0.29) is 12.2 Å². The Labute approximate surface area is 92.0 Å². The smallest absolute Gasteiger partial charge is 0.387 e. The highest BCUT2D eigenvalue weighted by Crippen LogP contribution is 2.25. The zero-order valence-electron chi connectivity index (χ0n) is 9.00. The Kier molecular flexibility index (Phi) is 4.22. The summed E-state index contributed by atoms with van der Waals surface area (Å²) in [5.41, 5.74) is 0.953. The fourth-order valence-corrected chi connectivity index (χ4v) is 1.34. The van der Waals surface area contributed by atoms with Crippen LogP contribution in [0.15, 0.2) is 18.2 Å². The second kappa shape index (κ2) is 5.44. The van der Waals surface area contributed by atoms with Crippen molar-refractivity contribution in [2.45, 2.75) is 20.0 Å². The molecule has 0 unspecified atom stereocenters. The zero-order valence-corrected chi connectivity index (χ0v) is 9.00. The summed E-state index contributed by atoms with van der Waals surface area (Å²) in [5.74, 6) is -0.451. The van der Waals surface area contributed by atoms with Crippen molar-refractivity contribution < 1.29 is 23.0 Å². The van der Waals surface area contributed by atoms with Crippen molar-refractivity contribution in [2.75, 3.05) is 7.11 Å². The van der Waals surface area contributed by atoms with Gasteiger partial charge in [-0.25, -0.2) is 0 Å². The van der Waals surface area contributed by atoms with Crippen molar-refractivity contribution in [2.24, 2.45) is 0 Å². The predicted octanol–water partition coefficient (Wildman–Crippen LogP) is 2.31. The molecule has 88 valence electrons. The Balaban J connectivity index is 2.98. The van der Waals surface area contributed by atoms with Gasteiger partial charge in [-0.15, -0.1) is 0 Å². The van der Waals surface area contributed by atoms with Crippen molar-refractivity contribution in [3.8, 4) is 5.75 Å². The van der Waals surface area contributed by atoms with Crippen molar-refractivity contribution >= 4 is 5.97 Å². The molecule has 3 nitrogen and oxygen atoms in total. The van der Waals surface area contributed by atoms with E-state index in [2.05, 4.69) is 9.47 Å². The molecule has 0 aliphatic rings. The minimum absolute atomic E-state index is 0.0444. The molecule has 0 heterocycles. The molecular weight excluding hydrogens is 218 g/mol. The molecule has 16 heavy (non-hydrogen) atoms. The number of halogens is 2. The van der Waals surface area contributed by atoms with Crippen LogP contribution in [0.2, 0.25) is 0 Å². The number of methoxy groups -OCH3 is 1. The summed E-state index contributed by atoms with van der Waals surface area (Å²) >= 11 is 0. The van der Waals surface area contributed by atoms with Crippen LogP contribution in [-0.2, 0) is 16.0 Å². The summed E-state index contributed by atoms with van der Waals surface area (Å²) in [7, 11) is 1.24. The highest BCUT2D eigenvalue weighted by atomic mass is 19.3. The Hall–Kier alpha value is -1.65. The highest BCUT2D eigenvalue weighted by molar-refractivity contribution is 5.73. The monoisotopic (exact) mass is 230 g/mol. The van der Waals surface area contributed by atoms with Gasteiger partial charge in [0.15, 0.2) is 0 Å². The van der Waals surface area contributed by atoms with Gasteiger partial charge in [-0.1, -0.05) is 18.2 Å². The van der Waals surface area contributed by atoms with Gasteiger partial charge in [-0.05, 0) is 12.5 Å². The molecule has 0 radical (unpaired) electrons. The van der Waals surface area contributed by atoms with Crippen LogP contribution >= 0.6 is 0 Å². The van der Waals surface area contributed by atoms with Crippen LogP contribution in [0.3, 0.4) is 0 Å².